The molecule has 1 fully saturated rings. The van der Waals surface area contributed by atoms with Gasteiger partial charge in [-0.05, 0) is 24.5 Å². The second-order valence-electron chi connectivity index (χ2n) is 6.21. The van der Waals surface area contributed by atoms with Gasteiger partial charge in [0.05, 0.1) is 0 Å². The van der Waals surface area contributed by atoms with Crippen molar-refractivity contribution in [1.82, 2.24) is 5.32 Å². The van der Waals surface area contributed by atoms with E-state index in [9.17, 15) is 14.4 Å². The van der Waals surface area contributed by atoms with Crippen LogP contribution in [0, 0.1) is 5.92 Å². The molecule has 7 nitrogen and oxygen atoms in total. The summed E-state index contributed by atoms with van der Waals surface area (Å²) < 4.78 is 10.2. The van der Waals surface area contributed by atoms with E-state index in [1.54, 1.807) is 19.9 Å². The fraction of sp³-hybridized carbons (Fsp3) is 0.389. The van der Waals surface area contributed by atoms with E-state index in [1.165, 1.54) is 6.08 Å². The zero-order valence-corrected chi connectivity index (χ0v) is 14.1. The van der Waals surface area contributed by atoms with E-state index in [0.717, 1.165) is 5.56 Å². The summed E-state index contributed by atoms with van der Waals surface area (Å²) in [5, 5.41) is 11.4. The number of rotatable bonds is 7. The molecule has 0 aromatic heterocycles. The second kappa shape index (κ2) is 7.83. The van der Waals surface area contributed by atoms with Crippen molar-refractivity contribution in [3.63, 3.8) is 0 Å². The van der Waals surface area contributed by atoms with E-state index in [4.69, 9.17) is 14.6 Å². The third kappa shape index (κ3) is 5.34. The number of esters is 1. The number of carbonyl (C=O) groups excluding carboxylic acids is 2. The van der Waals surface area contributed by atoms with Gasteiger partial charge in [-0.3, -0.25) is 0 Å². The lowest BCUT2D eigenvalue weighted by atomic mass is 10.2. The number of benzene rings is 1. The molecular weight excluding hydrogens is 326 g/mol. The minimum absolute atomic E-state index is 0.292. The SMILES string of the molecule is CC(C)C(OC(=O)/C=C/c1ccccc1)OC(=O)NC1(C(=O)O)CC1. The molecule has 0 aliphatic heterocycles. The molecule has 1 aliphatic rings. The number of carboxylic acids is 1. The Morgan fingerprint density at radius 1 is 1.16 bits per heavy atom. The first kappa shape index (κ1) is 18.5. The Labute approximate surface area is 145 Å². The Balaban J connectivity index is 1.89. The van der Waals surface area contributed by atoms with Gasteiger partial charge in [0, 0.05) is 12.0 Å². The summed E-state index contributed by atoms with van der Waals surface area (Å²) >= 11 is 0. The number of aliphatic carboxylic acids is 1. The fourth-order valence-corrected chi connectivity index (χ4v) is 2.03. The van der Waals surface area contributed by atoms with Crippen LogP contribution in [-0.4, -0.2) is 35.0 Å². The predicted octanol–water partition coefficient (Wildman–Crippen LogP) is 2.57. The summed E-state index contributed by atoms with van der Waals surface area (Å²) in [5.41, 5.74) is -0.424. The standard InChI is InChI=1S/C18H21NO6/c1-12(2)15(25-17(23)19-18(10-11-18)16(21)22)24-14(20)9-8-13-6-4-3-5-7-13/h3-9,12,15H,10-11H2,1-2H3,(H,19,23)(H,21,22)/b9-8+. The molecule has 0 radical (unpaired) electrons. The molecule has 2 rings (SSSR count). The van der Waals surface area contributed by atoms with Crippen molar-refractivity contribution in [3.8, 4) is 0 Å². The van der Waals surface area contributed by atoms with Gasteiger partial charge >= 0.3 is 18.0 Å². The summed E-state index contributed by atoms with van der Waals surface area (Å²) in [7, 11) is 0. The number of ether oxygens (including phenoxy) is 2. The second-order valence-corrected chi connectivity index (χ2v) is 6.21. The van der Waals surface area contributed by atoms with Crippen LogP contribution in [0.25, 0.3) is 6.08 Å². The van der Waals surface area contributed by atoms with E-state index in [2.05, 4.69) is 5.32 Å². The van der Waals surface area contributed by atoms with Crippen molar-refractivity contribution in [2.24, 2.45) is 5.92 Å². The molecule has 0 heterocycles. The van der Waals surface area contributed by atoms with Crippen molar-refractivity contribution in [3.05, 3.63) is 42.0 Å². The lowest BCUT2D eigenvalue weighted by Gasteiger charge is -2.22. The molecule has 134 valence electrons. The zero-order valence-electron chi connectivity index (χ0n) is 14.1. The Bertz CT molecular complexity index is 663. The molecule has 25 heavy (non-hydrogen) atoms. The van der Waals surface area contributed by atoms with Crippen LogP contribution < -0.4 is 5.32 Å². The van der Waals surface area contributed by atoms with Crippen LogP contribution in [0.2, 0.25) is 0 Å². The van der Waals surface area contributed by atoms with E-state index < -0.39 is 29.9 Å². The zero-order chi connectivity index (χ0) is 18.4. The molecule has 1 unspecified atom stereocenters. The van der Waals surface area contributed by atoms with Crippen molar-refractivity contribution in [2.45, 2.75) is 38.5 Å². The van der Waals surface area contributed by atoms with Gasteiger partial charge in [-0.25, -0.2) is 14.4 Å². The molecule has 1 saturated carbocycles. The van der Waals surface area contributed by atoms with Gasteiger partial charge in [0.2, 0.25) is 0 Å². The van der Waals surface area contributed by atoms with Gasteiger partial charge in [0.25, 0.3) is 6.29 Å². The van der Waals surface area contributed by atoms with Gasteiger partial charge < -0.3 is 19.9 Å². The predicted molar refractivity (Wildman–Crippen MR) is 89.4 cm³/mol. The van der Waals surface area contributed by atoms with Crippen LogP contribution >= 0.6 is 0 Å². The number of carboxylic acid groups (broad SMARTS) is 1. The molecule has 0 saturated heterocycles. The average Bonchev–Trinajstić information content (AvgIpc) is 3.34. The van der Waals surface area contributed by atoms with E-state index >= 15 is 0 Å². The fourth-order valence-electron chi connectivity index (χ4n) is 2.03. The number of hydrogen-bond donors (Lipinski definition) is 2. The minimum atomic E-state index is -1.25. The van der Waals surface area contributed by atoms with Gasteiger partial charge in [-0.2, -0.15) is 0 Å². The van der Waals surface area contributed by atoms with Crippen LogP contribution in [0.5, 0.6) is 0 Å². The van der Waals surface area contributed by atoms with Gasteiger partial charge in [-0.15, -0.1) is 0 Å². The van der Waals surface area contributed by atoms with Crippen LogP contribution in [-0.2, 0) is 19.1 Å². The summed E-state index contributed by atoms with van der Waals surface area (Å²) in [6.07, 6.45) is 1.50. The maximum atomic E-state index is 11.9. The molecule has 1 amide bonds. The number of hydrogen-bond acceptors (Lipinski definition) is 5. The van der Waals surface area contributed by atoms with Crippen LogP contribution in [0.15, 0.2) is 36.4 Å². The molecule has 0 spiro atoms. The molecule has 0 bridgehead atoms. The lowest BCUT2D eigenvalue weighted by Crippen LogP contribution is -2.45. The highest BCUT2D eigenvalue weighted by Gasteiger charge is 2.52. The first-order valence-electron chi connectivity index (χ1n) is 7.98. The summed E-state index contributed by atoms with van der Waals surface area (Å²) in [4.78, 5) is 34.8. The summed E-state index contributed by atoms with van der Waals surface area (Å²) in [5.74, 6) is -2.05. The number of nitrogens with one attached hydrogen (secondary N) is 1. The monoisotopic (exact) mass is 347 g/mol. The molecule has 1 atom stereocenters. The maximum absolute atomic E-state index is 11.9. The third-order valence-corrected chi connectivity index (χ3v) is 3.71. The quantitative estimate of drug-likeness (QED) is 0.446. The highest BCUT2D eigenvalue weighted by Crippen LogP contribution is 2.35. The Hall–Kier alpha value is -2.83. The van der Waals surface area contributed by atoms with E-state index in [-0.39, 0.29) is 5.92 Å². The van der Waals surface area contributed by atoms with Gasteiger partial charge in [0.15, 0.2) is 0 Å². The van der Waals surface area contributed by atoms with Gasteiger partial charge in [-0.1, -0.05) is 44.2 Å². The Kier molecular flexibility index (Phi) is 5.80. The van der Waals surface area contributed by atoms with Crippen molar-refractivity contribution in [2.75, 3.05) is 0 Å². The van der Waals surface area contributed by atoms with E-state index in [1.807, 2.05) is 30.3 Å². The molecule has 1 aromatic carbocycles. The van der Waals surface area contributed by atoms with Crippen molar-refractivity contribution < 1.29 is 29.0 Å². The third-order valence-electron chi connectivity index (χ3n) is 3.71. The first-order valence-corrected chi connectivity index (χ1v) is 7.98. The molecule has 1 aromatic rings. The van der Waals surface area contributed by atoms with E-state index in [0.29, 0.717) is 12.8 Å². The first-order chi connectivity index (χ1) is 11.8. The number of amides is 1. The summed E-state index contributed by atoms with van der Waals surface area (Å²) in [6, 6.07) is 9.20. The average molecular weight is 347 g/mol. The normalized spacial score (nSPS) is 16.3. The highest BCUT2D eigenvalue weighted by molar-refractivity contribution is 5.88. The Morgan fingerprint density at radius 3 is 2.32 bits per heavy atom. The largest absolute Gasteiger partial charge is 0.480 e. The smallest absolute Gasteiger partial charge is 0.411 e. The van der Waals surface area contributed by atoms with Crippen LogP contribution in [0.4, 0.5) is 4.79 Å². The minimum Gasteiger partial charge on any atom is -0.480 e. The highest BCUT2D eigenvalue weighted by atomic mass is 16.7. The molecule has 1 aliphatic carbocycles. The topological polar surface area (TPSA) is 102 Å². The van der Waals surface area contributed by atoms with Crippen LogP contribution in [0.3, 0.4) is 0 Å². The molecule has 2 N–H and O–H groups in total. The molecule has 7 heteroatoms. The number of carbonyl (C=O) groups is 3. The Morgan fingerprint density at radius 2 is 1.80 bits per heavy atom. The molecular formula is C18H21NO6. The maximum Gasteiger partial charge on any atom is 0.411 e. The van der Waals surface area contributed by atoms with Crippen molar-refractivity contribution >= 4 is 24.1 Å². The van der Waals surface area contributed by atoms with Crippen molar-refractivity contribution in [1.29, 1.82) is 0 Å². The summed E-state index contributed by atoms with van der Waals surface area (Å²) in [6.45, 7) is 3.44. The number of alkyl carbamates (subject to hydrolysis) is 1. The van der Waals surface area contributed by atoms with Crippen LogP contribution in [0.1, 0.15) is 32.3 Å². The lowest BCUT2D eigenvalue weighted by molar-refractivity contribution is -0.169. The van der Waals surface area contributed by atoms with Gasteiger partial charge in [0.1, 0.15) is 5.54 Å².